The summed E-state index contributed by atoms with van der Waals surface area (Å²) < 4.78 is 13.4. The number of fused-ring (bicyclic) bond motifs is 4. The van der Waals surface area contributed by atoms with E-state index in [2.05, 4.69) is 20.3 Å². The van der Waals surface area contributed by atoms with Crippen molar-refractivity contribution in [2.24, 2.45) is 5.14 Å². The van der Waals surface area contributed by atoms with Gasteiger partial charge in [0.05, 0.1) is 4.90 Å². The normalized spacial score (nSPS) is 18.9. The molecule has 1 atom stereocenters. The van der Waals surface area contributed by atoms with Gasteiger partial charge in [0.25, 0.3) is 5.91 Å². The highest BCUT2D eigenvalue weighted by atomic mass is 32.2. The summed E-state index contributed by atoms with van der Waals surface area (Å²) in [5.74, 6) is 1.36. The van der Waals surface area contributed by atoms with Gasteiger partial charge in [-0.2, -0.15) is 4.98 Å². The van der Waals surface area contributed by atoms with Gasteiger partial charge in [0.1, 0.15) is 28.0 Å². The van der Waals surface area contributed by atoms with Gasteiger partial charge in [-0.15, -0.1) is 0 Å². The molecule has 2 aromatic heterocycles. The second-order valence-electron chi connectivity index (χ2n) is 7.85. The number of likely N-dealkylation sites (N-methyl/N-ethyl adjacent to an activating group) is 1. The number of carbonyl (C=O) groups excluding carboxylic acids is 1. The second kappa shape index (κ2) is 7.06. The van der Waals surface area contributed by atoms with Crippen LogP contribution in [0.5, 0.6) is 0 Å². The Morgan fingerprint density at radius 1 is 1.20 bits per heavy atom. The van der Waals surface area contributed by atoms with E-state index in [0.29, 0.717) is 10.8 Å². The summed E-state index contributed by atoms with van der Waals surface area (Å²) in [5.41, 5.74) is 4.06. The molecular weight excluding hydrogens is 402 g/mol. The number of benzene rings is 1. The number of nitrogens with one attached hydrogen (secondary N) is 2. The van der Waals surface area contributed by atoms with Crippen LogP contribution in [0.25, 0.3) is 11.0 Å². The van der Waals surface area contributed by atoms with Gasteiger partial charge in [-0.1, -0.05) is 19.3 Å². The molecule has 3 aromatic rings. The van der Waals surface area contributed by atoms with Crippen LogP contribution in [0, 0.1) is 0 Å². The standard InChI is InChI=1S/C20H23N7O2S/c1-26-18(28)20(9-3-2-4-10-20)27-16(25-26)11-13-12-22-19(24-17(13)27)23-14-5-7-15(8-6-14)30(21)29/h5-8,11-12,25H,2-4,9-10,21H2,1H3,(H,22,23,24). The Bertz CT molecular complexity index is 1150. The second-order valence-corrected chi connectivity index (χ2v) is 8.92. The molecule has 1 aromatic carbocycles. The molecule has 1 amide bonds. The fourth-order valence-corrected chi connectivity index (χ4v) is 4.98. The van der Waals surface area contributed by atoms with Crippen molar-refractivity contribution in [2.75, 3.05) is 17.8 Å². The van der Waals surface area contributed by atoms with Crippen LogP contribution < -0.4 is 15.9 Å². The summed E-state index contributed by atoms with van der Waals surface area (Å²) in [6.45, 7) is 0. The van der Waals surface area contributed by atoms with Crippen LogP contribution in [0.4, 0.5) is 17.5 Å². The minimum Gasteiger partial charge on any atom is -0.324 e. The Labute approximate surface area is 176 Å². The first-order valence-corrected chi connectivity index (χ1v) is 11.2. The minimum absolute atomic E-state index is 0.0747. The molecule has 0 bridgehead atoms. The van der Waals surface area contributed by atoms with E-state index in [1.807, 2.05) is 6.07 Å². The summed E-state index contributed by atoms with van der Waals surface area (Å²) in [4.78, 5) is 22.9. The van der Waals surface area contributed by atoms with Crippen molar-refractivity contribution in [1.82, 2.24) is 19.5 Å². The number of nitrogens with zero attached hydrogens (tertiary/aromatic N) is 4. The molecule has 1 aliphatic carbocycles. The molecule has 9 nitrogen and oxygen atoms in total. The fraction of sp³-hybridized carbons (Fsp3) is 0.350. The van der Waals surface area contributed by atoms with Crippen molar-refractivity contribution in [1.29, 1.82) is 0 Å². The van der Waals surface area contributed by atoms with E-state index in [1.165, 1.54) is 0 Å². The van der Waals surface area contributed by atoms with Crippen molar-refractivity contribution in [2.45, 2.75) is 42.5 Å². The number of nitrogens with two attached hydrogens (primary N) is 1. The van der Waals surface area contributed by atoms with E-state index >= 15 is 0 Å². The SMILES string of the molecule is CN1Nc2cc3cnc(Nc4ccc(S(N)=O)cc4)nc3n2C2(CCCCC2)C1=O. The molecule has 5 rings (SSSR count). The quantitative estimate of drug-likeness (QED) is 0.594. The maximum absolute atomic E-state index is 13.2. The molecular formula is C20H23N7O2S. The summed E-state index contributed by atoms with van der Waals surface area (Å²) in [5, 5.41) is 11.1. The lowest BCUT2D eigenvalue weighted by Crippen LogP contribution is -2.56. The van der Waals surface area contributed by atoms with Gasteiger partial charge in [-0.05, 0) is 43.2 Å². The molecule has 1 unspecified atom stereocenters. The lowest BCUT2D eigenvalue weighted by Gasteiger charge is -2.44. The first kappa shape index (κ1) is 19.0. The third kappa shape index (κ3) is 2.94. The monoisotopic (exact) mass is 425 g/mol. The zero-order chi connectivity index (χ0) is 20.9. The van der Waals surface area contributed by atoms with Crippen LogP contribution in [0.2, 0.25) is 0 Å². The van der Waals surface area contributed by atoms with Crippen LogP contribution in [-0.4, -0.2) is 36.7 Å². The van der Waals surface area contributed by atoms with Crippen LogP contribution in [-0.2, 0) is 21.3 Å². The molecule has 4 N–H and O–H groups in total. The van der Waals surface area contributed by atoms with Crippen molar-refractivity contribution in [3.63, 3.8) is 0 Å². The molecule has 1 saturated carbocycles. The van der Waals surface area contributed by atoms with Crippen molar-refractivity contribution in [3.05, 3.63) is 36.5 Å². The van der Waals surface area contributed by atoms with Gasteiger partial charge in [-0.25, -0.2) is 14.3 Å². The fourth-order valence-electron chi connectivity index (χ4n) is 4.57. The number of rotatable bonds is 3. The number of carbonyl (C=O) groups is 1. The van der Waals surface area contributed by atoms with Crippen LogP contribution in [0.1, 0.15) is 32.1 Å². The highest BCUT2D eigenvalue weighted by Gasteiger charge is 2.48. The van der Waals surface area contributed by atoms with Gasteiger partial charge in [-0.3, -0.25) is 19.8 Å². The van der Waals surface area contributed by atoms with E-state index in [9.17, 15) is 9.00 Å². The molecule has 156 valence electrons. The molecule has 30 heavy (non-hydrogen) atoms. The predicted octanol–water partition coefficient (Wildman–Crippen LogP) is 2.61. The summed E-state index contributed by atoms with van der Waals surface area (Å²) in [7, 11) is 0.258. The lowest BCUT2D eigenvalue weighted by atomic mass is 9.80. The van der Waals surface area contributed by atoms with E-state index in [4.69, 9.17) is 10.1 Å². The first-order chi connectivity index (χ1) is 14.5. The lowest BCUT2D eigenvalue weighted by molar-refractivity contribution is -0.141. The molecule has 1 aliphatic heterocycles. The van der Waals surface area contributed by atoms with E-state index in [1.54, 1.807) is 42.5 Å². The summed E-state index contributed by atoms with van der Waals surface area (Å²) in [6.07, 6.45) is 6.56. The summed E-state index contributed by atoms with van der Waals surface area (Å²) in [6, 6.07) is 8.95. The first-order valence-electron chi connectivity index (χ1n) is 9.95. The highest BCUT2D eigenvalue weighted by Crippen LogP contribution is 2.44. The topological polar surface area (TPSA) is 118 Å². The van der Waals surface area contributed by atoms with Gasteiger partial charge in [0.15, 0.2) is 0 Å². The van der Waals surface area contributed by atoms with E-state index in [0.717, 1.165) is 54.6 Å². The Morgan fingerprint density at radius 2 is 1.93 bits per heavy atom. The zero-order valence-electron chi connectivity index (χ0n) is 16.6. The molecule has 1 fully saturated rings. The number of hydrogen-bond donors (Lipinski definition) is 3. The van der Waals surface area contributed by atoms with Gasteiger partial charge >= 0.3 is 0 Å². The predicted molar refractivity (Wildman–Crippen MR) is 115 cm³/mol. The van der Waals surface area contributed by atoms with Gasteiger partial charge in [0, 0.05) is 24.3 Å². The van der Waals surface area contributed by atoms with Crippen LogP contribution >= 0.6 is 0 Å². The van der Waals surface area contributed by atoms with Crippen molar-refractivity contribution in [3.8, 4) is 0 Å². The number of amides is 1. The number of hydrazine groups is 1. The minimum atomic E-state index is -1.52. The third-order valence-corrected chi connectivity index (χ3v) is 6.71. The zero-order valence-corrected chi connectivity index (χ0v) is 17.4. The largest absolute Gasteiger partial charge is 0.324 e. The molecule has 10 heteroatoms. The molecule has 3 heterocycles. The Balaban J connectivity index is 1.57. The average molecular weight is 426 g/mol. The Morgan fingerprint density at radius 3 is 2.63 bits per heavy atom. The molecule has 2 aliphatic rings. The van der Waals surface area contributed by atoms with Crippen molar-refractivity contribution >= 4 is 45.4 Å². The molecule has 0 saturated heterocycles. The van der Waals surface area contributed by atoms with E-state index in [-0.39, 0.29) is 5.91 Å². The number of aromatic nitrogens is 3. The van der Waals surface area contributed by atoms with Crippen molar-refractivity contribution < 1.29 is 9.00 Å². The molecule has 1 spiro atoms. The average Bonchev–Trinajstić information content (AvgIpc) is 3.11. The highest BCUT2D eigenvalue weighted by molar-refractivity contribution is 7.82. The smallest absolute Gasteiger partial charge is 0.267 e. The maximum atomic E-state index is 13.2. The Kier molecular flexibility index (Phi) is 4.48. The maximum Gasteiger partial charge on any atom is 0.267 e. The van der Waals surface area contributed by atoms with Gasteiger partial charge in [0.2, 0.25) is 5.95 Å². The number of hydrogen-bond acceptors (Lipinski definition) is 6. The van der Waals surface area contributed by atoms with Gasteiger partial charge < -0.3 is 5.32 Å². The third-order valence-electron chi connectivity index (χ3n) is 5.98. The van der Waals surface area contributed by atoms with E-state index < -0.39 is 16.5 Å². The Hall–Kier alpha value is -2.98. The number of anilines is 3. The summed E-state index contributed by atoms with van der Waals surface area (Å²) >= 11 is 0. The van der Waals surface area contributed by atoms with Crippen LogP contribution in [0.15, 0.2) is 41.4 Å². The van der Waals surface area contributed by atoms with Crippen LogP contribution in [0.3, 0.4) is 0 Å². The molecule has 0 radical (unpaired) electrons.